The van der Waals surface area contributed by atoms with Crippen LogP contribution in [0.3, 0.4) is 0 Å². The van der Waals surface area contributed by atoms with Gasteiger partial charge in [-0.3, -0.25) is 10.1 Å². The Hall–Kier alpha value is -2.47. The van der Waals surface area contributed by atoms with E-state index in [9.17, 15) is 10.1 Å². The van der Waals surface area contributed by atoms with Gasteiger partial charge in [0.25, 0.3) is 0 Å². The normalized spacial score (nSPS) is 10.2. The SMILES string of the molecule is O=[N+]([O-])c1cccnc1N(CCO)Cc1ccccc1. The van der Waals surface area contributed by atoms with E-state index in [1.54, 1.807) is 4.90 Å². The number of hydrogen-bond donors (Lipinski definition) is 1. The fraction of sp³-hybridized carbons (Fsp3) is 0.214. The predicted octanol–water partition coefficient (Wildman–Crippen LogP) is 1.99. The van der Waals surface area contributed by atoms with Gasteiger partial charge >= 0.3 is 5.69 Å². The Labute approximate surface area is 116 Å². The summed E-state index contributed by atoms with van der Waals surface area (Å²) in [6.07, 6.45) is 1.51. The van der Waals surface area contributed by atoms with Crippen molar-refractivity contribution < 1.29 is 10.0 Å². The van der Waals surface area contributed by atoms with Crippen LogP contribution in [-0.2, 0) is 6.54 Å². The molecule has 1 aromatic heterocycles. The minimum atomic E-state index is -0.461. The first-order valence-electron chi connectivity index (χ1n) is 6.21. The number of nitro groups is 1. The quantitative estimate of drug-likeness (QED) is 0.643. The van der Waals surface area contributed by atoms with Gasteiger partial charge in [-0.25, -0.2) is 4.98 Å². The van der Waals surface area contributed by atoms with E-state index in [1.165, 1.54) is 18.3 Å². The molecule has 104 valence electrons. The van der Waals surface area contributed by atoms with Gasteiger partial charge in [-0.15, -0.1) is 0 Å². The fourth-order valence-electron chi connectivity index (χ4n) is 1.96. The molecule has 0 aliphatic carbocycles. The van der Waals surface area contributed by atoms with Gasteiger partial charge in [-0.1, -0.05) is 30.3 Å². The van der Waals surface area contributed by atoms with Gasteiger partial charge in [0.1, 0.15) is 0 Å². The van der Waals surface area contributed by atoms with Gasteiger partial charge in [0.15, 0.2) is 0 Å². The summed E-state index contributed by atoms with van der Waals surface area (Å²) in [5.74, 6) is 0.274. The highest BCUT2D eigenvalue weighted by Crippen LogP contribution is 2.25. The zero-order valence-electron chi connectivity index (χ0n) is 10.8. The molecule has 2 aromatic rings. The van der Waals surface area contributed by atoms with Crippen LogP contribution in [-0.4, -0.2) is 28.2 Å². The summed E-state index contributed by atoms with van der Waals surface area (Å²) in [6, 6.07) is 12.5. The lowest BCUT2D eigenvalue weighted by Gasteiger charge is -2.22. The number of hydrogen-bond acceptors (Lipinski definition) is 5. The second kappa shape index (κ2) is 6.63. The van der Waals surface area contributed by atoms with Gasteiger partial charge in [-0.2, -0.15) is 0 Å². The first-order valence-corrected chi connectivity index (χ1v) is 6.21. The van der Waals surface area contributed by atoms with E-state index in [0.717, 1.165) is 5.56 Å². The number of anilines is 1. The van der Waals surface area contributed by atoms with Crippen molar-refractivity contribution in [2.75, 3.05) is 18.1 Å². The molecule has 6 heteroatoms. The van der Waals surface area contributed by atoms with Crippen molar-refractivity contribution in [3.63, 3.8) is 0 Å². The molecule has 0 radical (unpaired) electrons. The first kappa shape index (κ1) is 14.0. The average molecular weight is 273 g/mol. The van der Waals surface area contributed by atoms with Crippen LogP contribution < -0.4 is 4.90 Å². The highest BCUT2D eigenvalue weighted by atomic mass is 16.6. The van der Waals surface area contributed by atoms with E-state index < -0.39 is 4.92 Å². The highest BCUT2D eigenvalue weighted by molar-refractivity contribution is 5.57. The topological polar surface area (TPSA) is 79.5 Å². The molecule has 0 spiro atoms. The van der Waals surface area contributed by atoms with Crippen LogP contribution in [0.15, 0.2) is 48.7 Å². The molecule has 0 atom stereocenters. The summed E-state index contributed by atoms with van der Waals surface area (Å²) in [4.78, 5) is 16.4. The van der Waals surface area contributed by atoms with Gasteiger partial charge in [0.05, 0.1) is 11.5 Å². The summed E-state index contributed by atoms with van der Waals surface area (Å²) >= 11 is 0. The Balaban J connectivity index is 2.31. The number of benzene rings is 1. The molecule has 6 nitrogen and oxygen atoms in total. The maximum atomic E-state index is 11.1. The molecule has 0 aliphatic heterocycles. The number of nitrogens with zero attached hydrogens (tertiary/aromatic N) is 3. The fourth-order valence-corrected chi connectivity index (χ4v) is 1.96. The molecular formula is C14H15N3O3. The molecule has 1 aromatic carbocycles. The van der Waals surface area contributed by atoms with Crippen molar-refractivity contribution in [3.05, 3.63) is 64.3 Å². The number of rotatable bonds is 6. The average Bonchev–Trinajstić information content (AvgIpc) is 2.48. The summed E-state index contributed by atoms with van der Waals surface area (Å²) in [5, 5.41) is 20.2. The van der Waals surface area contributed by atoms with E-state index in [-0.39, 0.29) is 24.7 Å². The zero-order chi connectivity index (χ0) is 14.4. The monoisotopic (exact) mass is 273 g/mol. The second-order valence-electron chi connectivity index (χ2n) is 4.23. The largest absolute Gasteiger partial charge is 0.395 e. The van der Waals surface area contributed by atoms with Crippen molar-refractivity contribution in [3.8, 4) is 0 Å². The lowest BCUT2D eigenvalue weighted by Crippen LogP contribution is -2.27. The van der Waals surface area contributed by atoms with Crippen molar-refractivity contribution in [2.45, 2.75) is 6.54 Å². The maximum Gasteiger partial charge on any atom is 0.311 e. The summed E-state index contributed by atoms with van der Waals surface area (Å²) < 4.78 is 0. The van der Waals surface area contributed by atoms with Crippen molar-refractivity contribution in [2.24, 2.45) is 0 Å². The summed E-state index contributed by atoms with van der Waals surface area (Å²) in [6.45, 7) is 0.645. The molecule has 1 N–H and O–H groups in total. The van der Waals surface area contributed by atoms with Gasteiger partial charge in [0, 0.05) is 25.4 Å². The zero-order valence-corrected chi connectivity index (χ0v) is 10.8. The third kappa shape index (κ3) is 3.30. The van der Waals surface area contributed by atoms with Crippen LogP contribution in [0.4, 0.5) is 11.5 Å². The third-order valence-electron chi connectivity index (χ3n) is 2.85. The molecule has 0 aliphatic rings. The molecule has 0 unspecified atom stereocenters. The minimum absolute atomic E-state index is 0.0584. The first-order chi connectivity index (χ1) is 9.72. The Bertz CT molecular complexity index is 575. The highest BCUT2D eigenvalue weighted by Gasteiger charge is 2.20. The Morgan fingerprint density at radius 2 is 1.95 bits per heavy atom. The third-order valence-corrected chi connectivity index (χ3v) is 2.85. The number of aliphatic hydroxyl groups is 1. The predicted molar refractivity (Wildman–Crippen MR) is 75.5 cm³/mol. The van der Waals surface area contributed by atoms with Gasteiger partial charge in [0.2, 0.25) is 5.82 Å². The number of aromatic nitrogens is 1. The van der Waals surface area contributed by atoms with Crippen LogP contribution in [0.2, 0.25) is 0 Å². The van der Waals surface area contributed by atoms with Gasteiger partial charge < -0.3 is 10.0 Å². The summed E-state index contributed by atoms with van der Waals surface area (Å²) in [7, 11) is 0. The standard InChI is InChI=1S/C14H15N3O3/c18-10-9-16(11-12-5-2-1-3-6-12)14-13(17(19)20)7-4-8-15-14/h1-8,18H,9-11H2. The Morgan fingerprint density at radius 1 is 1.20 bits per heavy atom. The van der Waals surface area contributed by atoms with Crippen LogP contribution in [0.1, 0.15) is 5.56 Å². The molecule has 2 rings (SSSR count). The molecule has 0 amide bonds. The Morgan fingerprint density at radius 3 is 2.60 bits per heavy atom. The molecule has 0 saturated heterocycles. The second-order valence-corrected chi connectivity index (χ2v) is 4.23. The maximum absolute atomic E-state index is 11.1. The van der Waals surface area contributed by atoms with Crippen molar-refractivity contribution in [1.82, 2.24) is 4.98 Å². The molecule has 0 bridgehead atoms. The molecule has 1 heterocycles. The minimum Gasteiger partial charge on any atom is -0.395 e. The van der Waals surface area contributed by atoms with E-state index in [0.29, 0.717) is 6.54 Å². The molecule has 0 fully saturated rings. The smallest absolute Gasteiger partial charge is 0.311 e. The van der Waals surface area contributed by atoms with Crippen molar-refractivity contribution >= 4 is 11.5 Å². The van der Waals surface area contributed by atoms with Crippen molar-refractivity contribution in [1.29, 1.82) is 0 Å². The van der Waals surface area contributed by atoms with Crippen LogP contribution in [0, 0.1) is 10.1 Å². The number of aliphatic hydroxyl groups excluding tert-OH is 1. The van der Waals surface area contributed by atoms with E-state index in [4.69, 9.17) is 5.11 Å². The van der Waals surface area contributed by atoms with Crippen LogP contribution >= 0.6 is 0 Å². The van der Waals surface area contributed by atoms with E-state index >= 15 is 0 Å². The lowest BCUT2D eigenvalue weighted by molar-refractivity contribution is -0.384. The number of pyridine rings is 1. The molecule has 0 saturated carbocycles. The molecule has 20 heavy (non-hydrogen) atoms. The Kier molecular flexibility index (Phi) is 4.62. The molecular weight excluding hydrogens is 258 g/mol. The lowest BCUT2D eigenvalue weighted by atomic mass is 10.2. The van der Waals surface area contributed by atoms with Gasteiger partial charge in [-0.05, 0) is 11.6 Å². The van der Waals surface area contributed by atoms with Crippen LogP contribution in [0.25, 0.3) is 0 Å². The van der Waals surface area contributed by atoms with Crippen LogP contribution in [0.5, 0.6) is 0 Å². The van der Waals surface area contributed by atoms with E-state index in [2.05, 4.69) is 4.98 Å². The summed E-state index contributed by atoms with van der Waals surface area (Å²) in [5.41, 5.74) is 0.942. The van der Waals surface area contributed by atoms with E-state index in [1.807, 2.05) is 30.3 Å².